The maximum absolute atomic E-state index is 10.1. The average Bonchev–Trinajstić information content (AvgIpc) is 2.97. The van der Waals surface area contributed by atoms with Crippen LogP contribution in [0, 0.1) is 0 Å². The summed E-state index contributed by atoms with van der Waals surface area (Å²) in [5.41, 5.74) is 0. The predicted molar refractivity (Wildman–Crippen MR) is 67.7 cm³/mol. The molecule has 0 saturated carbocycles. The van der Waals surface area contributed by atoms with Crippen molar-refractivity contribution in [2.45, 2.75) is 37.8 Å². The summed E-state index contributed by atoms with van der Waals surface area (Å²) in [7, 11) is 0. The summed E-state index contributed by atoms with van der Waals surface area (Å²) in [5.74, 6) is 0.681. The molecule has 0 amide bonds. The van der Waals surface area contributed by atoms with Crippen LogP contribution < -0.4 is 0 Å². The number of likely N-dealkylation sites (tertiary alicyclic amines) is 1. The molecule has 94 valence electrons. The second-order valence-corrected chi connectivity index (χ2v) is 4.68. The first kappa shape index (κ1) is 12.4. The Bertz CT molecular complexity index is 334. The van der Waals surface area contributed by atoms with Gasteiger partial charge < -0.3 is 9.52 Å². The van der Waals surface area contributed by atoms with Crippen molar-refractivity contribution >= 4 is 0 Å². The summed E-state index contributed by atoms with van der Waals surface area (Å²) >= 11 is 0. The molecule has 2 rings (SSSR count). The minimum Gasteiger partial charge on any atom is -0.467 e. The molecule has 1 aromatic rings. The lowest BCUT2D eigenvalue weighted by molar-refractivity contribution is 0.102. The van der Waals surface area contributed by atoms with E-state index >= 15 is 0 Å². The summed E-state index contributed by atoms with van der Waals surface area (Å²) in [6.45, 7) is 5.95. The number of aliphatic hydroxyl groups is 1. The number of aliphatic hydroxyl groups excluding tert-OH is 1. The Morgan fingerprint density at radius 1 is 1.65 bits per heavy atom. The van der Waals surface area contributed by atoms with Crippen molar-refractivity contribution in [1.29, 1.82) is 0 Å². The quantitative estimate of drug-likeness (QED) is 0.770. The van der Waals surface area contributed by atoms with Crippen LogP contribution in [0.15, 0.2) is 35.5 Å². The van der Waals surface area contributed by atoms with Gasteiger partial charge in [0.2, 0.25) is 0 Å². The highest BCUT2D eigenvalue weighted by Crippen LogP contribution is 2.27. The van der Waals surface area contributed by atoms with Gasteiger partial charge in [-0.15, -0.1) is 6.58 Å². The molecule has 1 aliphatic rings. The van der Waals surface area contributed by atoms with Crippen LogP contribution in [-0.2, 0) is 0 Å². The minimum atomic E-state index is -0.473. The molecule has 0 radical (unpaired) electrons. The minimum absolute atomic E-state index is 0.473. The fourth-order valence-corrected chi connectivity index (χ4v) is 2.57. The topological polar surface area (TPSA) is 36.6 Å². The molecule has 2 heterocycles. The summed E-state index contributed by atoms with van der Waals surface area (Å²) < 4.78 is 5.24. The van der Waals surface area contributed by atoms with Gasteiger partial charge in [-0.25, -0.2) is 0 Å². The van der Waals surface area contributed by atoms with Crippen molar-refractivity contribution in [1.82, 2.24) is 4.90 Å². The van der Waals surface area contributed by atoms with Gasteiger partial charge in [0.15, 0.2) is 0 Å². The van der Waals surface area contributed by atoms with E-state index in [2.05, 4.69) is 11.5 Å². The molecule has 3 heteroatoms. The van der Waals surface area contributed by atoms with Gasteiger partial charge in [-0.2, -0.15) is 0 Å². The molecular weight excluding hydrogens is 214 g/mol. The zero-order chi connectivity index (χ0) is 12.1. The third kappa shape index (κ3) is 3.20. The van der Waals surface area contributed by atoms with E-state index in [0.717, 1.165) is 25.9 Å². The van der Waals surface area contributed by atoms with Crippen LogP contribution in [0.3, 0.4) is 0 Å². The number of furan rings is 1. The Labute approximate surface area is 103 Å². The standard InChI is InChI=1S/C14H21NO2/c1-2-3-8-15-9-4-6-12(15)11-13(16)14-7-5-10-17-14/h2,5,7,10,12-13,16H,1,3-4,6,8-9,11H2. The Morgan fingerprint density at radius 3 is 3.24 bits per heavy atom. The summed E-state index contributed by atoms with van der Waals surface area (Å²) in [4.78, 5) is 2.45. The Hall–Kier alpha value is -1.06. The van der Waals surface area contributed by atoms with E-state index in [9.17, 15) is 5.11 Å². The molecule has 1 aromatic heterocycles. The fraction of sp³-hybridized carbons (Fsp3) is 0.571. The Kier molecular flexibility index (Phi) is 4.40. The Balaban J connectivity index is 1.86. The van der Waals surface area contributed by atoms with Crippen molar-refractivity contribution < 1.29 is 9.52 Å². The number of nitrogens with zero attached hydrogens (tertiary/aromatic N) is 1. The van der Waals surface area contributed by atoms with Crippen molar-refractivity contribution in [3.63, 3.8) is 0 Å². The van der Waals surface area contributed by atoms with Crippen LogP contribution in [-0.4, -0.2) is 29.1 Å². The van der Waals surface area contributed by atoms with Gasteiger partial charge in [0, 0.05) is 12.6 Å². The van der Waals surface area contributed by atoms with E-state index in [4.69, 9.17) is 4.42 Å². The van der Waals surface area contributed by atoms with Crippen LogP contribution in [0.1, 0.15) is 37.5 Å². The van der Waals surface area contributed by atoms with E-state index in [1.165, 1.54) is 12.8 Å². The van der Waals surface area contributed by atoms with E-state index in [1.807, 2.05) is 18.2 Å². The van der Waals surface area contributed by atoms with Gasteiger partial charge in [0.25, 0.3) is 0 Å². The van der Waals surface area contributed by atoms with Gasteiger partial charge in [-0.1, -0.05) is 6.08 Å². The molecular formula is C14H21NO2. The molecule has 0 bridgehead atoms. The van der Waals surface area contributed by atoms with Crippen molar-refractivity contribution in [2.24, 2.45) is 0 Å². The average molecular weight is 235 g/mol. The summed E-state index contributed by atoms with van der Waals surface area (Å²) in [5, 5.41) is 10.1. The summed E-state index contributed by atoms with van der Waals surface area (Å²) in [6.07, 6.45) is 7.29. The normalized spacial score (nSPS) is 22.8. The number of rotatable bonds is 6. The Morgan fingerprint density at radius 2 is 2.53 bits per heavy atom. The van der Waals surface area contributed by atoms with Gasteiger partial charge in [0.05, 0.1) is 6.26 Å². The van der Waals surface area contributed by atoms with Gasteiger partial charge in [-0.05, 0) is 44.4 Å². The zero-order valence-corrected chi connectivity index (χ0v) is 10.2. The first-order valence-electron chi connectivity index (χ1n) is 6.37. The van der Waals surface area contributed by atoms with E-state index in [1.54, 1.807) is 6.26 Å². The van der Waals surface area contributed by atoms with Crippen LogP contribution >= 0.6 is 0 Å². The number of hydrogen-bond acceptors (Lipinski definition) is 3. The van der Waals surface area contributed by atoms with Crippen LogP contribution in [0.25, 0.3) is 0 Å². The zero-order valence-electron chi connectivity index (χ0n) is 10.2. The van der Waals surface area contributed by atoms with Crippen LogP contribution in [0.5, 0.6) is 0 Å². The third-order valence-electron chi connectivity index (χ3n) is 3.49. The molecule has 1 aliphatic heterocycles. The van der Waals surface area contributed by atoms with E-state index in [0.29, 0.717) is 11.8 Å². The molecule has 1 saturated heterocycles. The molecule has 0 spiro atoms. The van der Waals surface area contributed by atoms with Crippen LogP contribution in [0.4, 0.5) is 0 Å². The third-order valence-corrected chi connectivity index (χ3v) is 3.49. The summed E-state index contributed by atoms with van der Waals surface area (Å²) in [6, 6.07) is 4.14. The van der Waals surface area contributed by atoms with E-state index in [-0.39, 0.29) is 0 Å². The molecule has 0 aliphatic carbocycles. The van der Waals surface area contributed by atoms with Gasteiger partial charge in [0.1, 0.15) is 11.9 Å². The lowest BCUT2D eigenvalue weighted by atomic mass is 10.1. The highest BCUT2D eigenvalue weighted by atomic mass is 16.4. The van der Waals surface area contributed by atoms with Gasteiger partial charge in [-0.3, -0.25) is 4.90 Å². The van der Waals surface area contributed by atoms with E-state index < -0.39 is 6.10 Å². The molecule has 1 fully saturated rings. The second kappa shape index (κ2) is 6.03. The lowest BCUT2D eigenvalue weighted by Crippen LogP contribution is -2.31. The van der Waals surface area contributed by atoms with Gasteiger partial charge >= 0.3 is 0 Å². The van der Waals surface area contributed by atoms with Crippen molar-refractivity contribution in [3.8, 4) is 0 Å². The SMILES string of the molecule is C=CCCN1CCCC1CC(O)c1ccco1. The van der Waals surface area contributed by atoms with Crippen molar-refractivity contribution in [2.75, 3.05) is 13.1 Å². The monoisotopic (exact) mass is 235 g/mol. The fourth-order valence-electron chi connectivity index (χ4n) is 2.57. The first-order chi connectivity index (χ1) is 8.31. The molecule has 3 nitrogen and oxygen atoms in total. The highest BCUT2D eigenvalue weighted by molar-refractivity contribution is 5.02. The maximum atomic E-state index is 10.1. The molecule has 1 N–H and O–H groups in total. The molecule has 0 aromatic carbocycles. The van der Waals surface area contributed by atoms with Crippen LogP contribution in [0.2, 0.25) is 0 Å². The molecule has 2 atom stereocenters. The second-order valence-electron chi connectivity index (χ2n) is 4.68. The highest BCUT2D eigenvalue weighted by Gasteiger charge is 2.27. The lowest BCUT2D eigenvalue weighted by Gasteiger charge is -2.25. The largest absolute Gasteiger partial charge is 0.467 e. The number of hydrogen-bond donors (Lipinski definition) is 1. The molecule has 17 heavy (non-hydrogen) atoms. The van der Waals surface area contributed by atoms with Crippen molar-refractivity contribution in [3.05, 3.63) is 36.8 Å². The molecule has 2 unspecified atom stereocenters. The predicted octanol–water partition coefficient (Wildman–Crippen LogP) is 2.74. The maximum Gasteiger partial charge on any atom is 0.132 e. The first-order valence-corrected chi connectivity index (χ1v) is 6.37. The smallest absolute Gasteiger partial charge is 0.132 e.